The number of ether oxygens (including phenoxy) is 1. The Balaban J connectivity index is 2.26. The number of hydrogen-bond acceptors (Lipinski definition) is 6. The molecule has 0 aromatic carbocycles. The standard InChI is InChI=1S/C12H17ClN4O3/c1-20-10(18)7-17-12(19)11(13)9(5-15-17)16-4-2-3-8(14)6-16/h5,8H,2-4,6-7,14H2,1H3/t8-/m1/s1. The number of anilines is 1. The number of aromatic nitrogens is 2. The number of halogens is 1. The first-order valence-electron chi connectivity index (χ1n) is 6.36. The minimum absolute atomic E-state index is 0.0537. The second kappa shape index (κ2) is 6.23. The maximum Gasteiger partial charge on any atom is 0.327 e. The van der Waals surface area contributed by atoms with Crippen molar-refractivity contribution >= 4 is 23.3 Å². The van der Waals surface area contributed by atoms with Crippen LogP contribution in [0.1, 0.15) is 12.8 Å². The zero-order valence-corrected chi connectivity index (χ0v) is 12.0. The van der Waals surface area contributed by atoms with E-state index in [-0.39, 0.29) is 17.6 Å². The summed E-state index contributed by atoms with van der Waals surface area (Å²) in [6, 6.07) is 0.0670. The van der Waals surface area contributed by atoms with Crippen LogP contribution in [-0.4, -0.2) is 42.0 Å². The lowest BCUT2D eigenvalue weighted by Gasteiger charge is -2.32. The van der Waals surface area contributed by atoms with E-state index in [9.17, 15) is 9.59 Å². The molecule has 1 aromatic heterocycles. The third-order valence-corrected chi connectivity index (χ3v) is 3.63. The van der Waals surface area contributed by atoms with Crippen molar-refractivity contribution in [2.75, 3.05) is 25.1 Å². The smallest absolute Gasteiger partial charge is 0.327 e. The van der Waals surface area contributed by atoms with Crippen LogP contribution < -0.4 is 16.2 Å². The van der Waals surface area contributed by atoms with E-state index in [1.807, 2.05) is 4.90 Å². The average molecular weight is 301 g/mol. The van der Waals surface area contributed by atoms with Gasteiger partial charge in [-0.25, -0.2) is 4.68 Å². The molecular weight excluding hydrogens is 284 g/mol. The molecule has 1 fully saturated rings. The fourth-order valence-corrected chi connectivity index (χ4v) is 2.47. The summed E-state index contributed by atoms with van der Waals surface area (Å²) < 4.78 is 5.49. The molecule has 2 heterocycles. The van der Waals surface area contributed by atoms with Gasteiger partial charge in [-0.1, -0.05) is 11.6 Å². The molecule has 1 aliphatic heterocycles. The monoisotopic (exact) mass is 300 g/mol. The van der Waals surface area contributed by atoms with Gasteiger partial charge in [-0.05, 0) is 12.8 Å². The molecule has 0 aliphatic carbocycles. The van der Waals surface area contributed by atoms with Gasteiger partial charge < -0.3 is 15.4 Å². The lowest BCUT2D eigenvalue weighted by molar-refractivity contribution is -0.141. The van der Waals surface area contributed by atoms with Gasteiger partial charge >= 0.3 is 5.97 Å². The van der Waals surface area contributed by atoms with Crippen molar-refractivity contribution in [1.29, 1.82) is 0 Å². The van der Waals surface area contributed by atoms with E-state index in [4.69, 9.17) is 17.3 Å². The molecule has 0 bridgehead atoms. The Kier molecular flexibility index (Phi) is 4.61. The maximum absolute atomic E-state index is 12.1. The predicted molar refractivity (Wildman–Crippen MR) is 74.9 cm³/mol. The van der Waals surface area contributed by atoms with Gasteiger partial charge in [0.2, 0.25) is 0 Å². The highest BCUT2D eigenvalue weighted by atomic mass is 35.5. The molecule has 1 saturated heterocycles. The summed E-state index contributed by atoms with van der Waals surface area (Å²) in [6.07, 6.45) is 3.40. The van der Waals surface area contributed by atoms with Gasteiger partial charge in [0.1, 0.15) is 11.6 Å². The molecule has 1 aliphatic rings. The van der Waals surface area contributed by atoms with Crippen molar-refractivity contribution < 1.29 is 9.53 Å². The van der Waals surface area contributed by atoms with Crippen LogP contribution in [0.25, 0.3) is 0 Å². The van der Waals surface area contributed by atoms with E-state index in [0.29, 0.717) is 12.2 Å². The molecular formula is C12H17ClN4O3. The summed E-state index contributed by atoms with van der Waals surface area (Å²) in [5.41, 5.74) is 5.97. The number of rotatable bonds is 3. The van der Waals surface area contributed by atoms with Crippen molar-refractivity contribution in [1.82, 2.24) is 9.78 Å². The van der Waals surface area contributed by atoms with Crippen molar-refractivity contribution in [3.05, 3.63) is 21.6 Å². The fourth-order valence-electron chi connectivity index (χ4n) is 2.21. The summed E-state index contributed by atoms with van der Waals surface area (Å²) in [5.74, 6) is -0.552. The minimum Gasteiger partial charge on any atom is -0.468 e. The molecule has 0 radical (unpaired) electrons. The van der Waals surface area contributed by atoms with Crippen molar-refractivity contribution in [3.8, 4) is 0 Å². The Bertz CT molecular complexity index is 560. The molecule has 2 N–H and O–H groups in total. The van der Waals surface area contributed by atoms with Gasteiger partial charge in [0.15, 0.2) is 0 Å². The average Bonchev–Trinajstić information content (AvgIpc) is 2.44. The Morgan fingerprint density at radius 3 is 3.05 bits per heavy atom. The van der Waals surface area contributed by atoms with Crippen LogP contribution >= 0.6 is 11.6 Å². The van der Waals surface area contributed by atoms with Crippen LogP contribution in [0.15, 0.2) is 11.0 Å². The molecule has 0 saturated carbocycles. The first kappa shape index (κ1) is 14.8. The second-order valence-corrected chi connectivity index (χ2v) is 5.11. The lowest BCUT2D eigenvalue weighted by atomic mass is 10.1. The molecule has 1 atom stereocenters. The number of carbonyl (C=O) groups is 1. The highest BCUT2D eigenvalue weighted by Crippen LogP contribution is 2.24. The highest BCUT2D eigenvalue weighted by molar-refractivity contribution is 6.33. The van der Waals surface area contributed by atoms with Crippen LogP contribution in [0, 0.1) is 0 Å². The first-order valence-corrected chi connectivity index (χ1v) is 6.73. The number of nitrogens with two attached hydrogens (primary N) is 1. The van der Waals surface area contributed by atoms with E-state index in [0.717, 1.165) is 24.1 Å². The van der Waals surface area contributed by atoms with Crippen LogP contribution in [0.3, 0.4) is 0 Å². The second-order valence-electron chi connectivity index (χ2n) is 4.73. The third-order valence-electron chi connectivity index (χ3n) is 3.27. The van der Waals surface area contributed by atoms with Gasteiger partial charge in [0.05, 0.1) is 19.0 Å². The van der Waals surface area contributed by atoms with E-state index in [1.54, 1.807) is 0 Å². The van der Waals surface area contributed by atoms with E-state index in [2.05, 4.69) is 9.84 Å². The van der Waals surface area contributed by atoms with Gasteiger partial charge in [0.25, 0.3) is 5.56 Å². The molecule has 0 unspecified atom stereocenters. The lowest BCUT2D eigenvalue weighted by Crippen LogP contribution is -2.43. The number of carbonyl (C=O) groups excluding carboxylic acids is 1. The number of nitrogens with zero attached hydrogens (tertiary/aromatic N) is 3. The molecule has 110 valence electrons. The van der Waals surface area contributed by atoms with Gasteiger partial charge in [-0.15, -0.1) is 0 Å². The first-order chi connectivity index (χ1) is 9.52. The molecule has 20 heavy (non-hydrogen) atoms. The van der Waals surface area contributed by atoms with Gasteiger partial charge in [0, 0.05) is 19.1 Å². The number of methoxy groups -OCH3 is 1. The molecule has 0 amide bonds. The molecule has 1 aromatic rings. The number of esters is 1. The summed E-state index contributed by atoms with van der Waals surface area (Å²) in [4.78, 5) is 25.2. The predicted octanol–water partition coefficient (Wildman–Crippen LogP) is -0.00280. The summed E-state index contributed by atoms with van der Waals surface area (Å²) in [7, 11) is 1.25. The van der Waals surface area contributed by atoms with Crippen molar-refractivity contribution in [2.45, 2.75) is 25.4 Å². The minimum atomic E-state index is -0.552. The Hall–Kier alpha value is -1.60. The van der Waals surface area contributed by atoms with Crippen LogP contribution in [-0.2, 0) is 16.1 Å². The van der Waals surface area contributed by atoms with Crippen LogP contribution in [0.2, 0.25) is 5.02 Å². The third kappa shape index (κ3) is 3.10. The van der Waals surface area contributed by atoms with Gasteiger partial charge in [-0.2, -0.15) is 5.10 Å². The summed E-state index contributed by atoms with van der Waals surface area (Å²) in [6.45, 7) is 1.17. The quantitative estimate of drug-likeness (QED) is 0.790. The van der Waals surface area contributed by atoms with E-state index >= 15 is 0 Å². The SMILES string of the molecule is COC(=O)Cn1ncc(N2CCC[C@@H](N)C2)c(Cl)c1=O. The Morgan fingerprint density at radius 1 is 1.65 bits per heavy atom. The Morgan fingerprint density at radius 2 is 2.40 bits per heavy atom. The van der Waals surface area contributed by atoms with E-state index in [1.165, 1.54) is 13.3 Å². The zero-order chi connectivity index (χ0) is 14.7. The highest BCUT2D eigenvalue weighted by Gasteiger charge is 2.21. The number of hydrogen-bond donors (Lipinski definition) is 1. The van der Waals surface area contributed by atoms with Crippen molar-refractivity contribution in [2.24, 2.45) is 5.73 Å². The molecule has 0 spiro atoms. The summed E-state index contributed by atoms with van der Waals surface area (Å²) in [5, 5.41) is 4.02. The fraction of sp³-hybridized carbons (Fsp3) is 0.583. The molecule has 7 nitrogen and oxygen atoms in total. The van der Waals surface area contributed by atoms with Crippen LogP contribution in [0.5, 0.6) is 0 Å². The summed E-state index contributed by atoms with van der Waals surface area (Å²) >= 11 is 6.10. The largest absolute Gasteiger partial charge is 0.468 e. The van der Waals surface area contributed by atoms with Crippen molar-refractivity contribution in [3.63, 3.8) is 0 Å². The normalized spacial score (nSPS) is 18.9. The van der Waals surface area contributed by atoms with Gasteiger partial charge in [-0.3, -0.25) is 9.59 Å². The maximum atomic E-state index is 12.1. The van der Waals surface area contributed by atoms with Crippen LogP contribution in [0.4, 0.5) is 5.69 Å². The van der Waals surface area contributed by atoms with E-state index < -0.39 is 11.5 Å². The Labute approximate surface area is 121 Å². The topological polar surface area (TPSA) is 90.5 Å². The molecule has 8 heteroatoms. The zero-order valence-electron chi connectivity index (χ0n) is 11.2. The number of piperidine rings is 1. The molecule has 2 rings (SSSR count).